The van der Waals surface area contributed by atoms with E-state index in [-0.39, 0.29) is 21.3 Å². The van der Waals surface area contributed by atoms with Gasteiger partial charge in [0, 0.05) is 68.6 Å². The van der Waals surface area contributed by atoms with Crippen molar-refractivity contribution in [3.8, 4) is 0 Å². The molecule has 0 unspecified atom stereocenters. The molecule has 220 valence electrons. The highest BCUT2D eigenvalue weighted by Crippen LogP contribution is 2.30. The molecule has 5 rings (SSSR count). The van der Waals surface area contributed by atoms with Gasteiger partial charge in [-0.25, -0.2) is 4.98 Å². The monoisotopic (exact) mass is 646 g/mol. The summed E-state index contributed by atoms with van der Waals surface area (Å²) >= 11 is 24.4. The van der Waals surface area contributed by atoms with Gasteiger partial charge in [0.15, 0.2) is 0 Å². The summed E-state index contributed by atoms with van der Waals surface area (Å²) in [6.07, 6.45) is 10.3. The van der Waals surface area contributed by atoms with Crippen LogP contribution < -0.4 is 10.2 Å². The fraction of sp³-hybridized carbons (Fsp3) is 0.333. The zero-order valence-electron chi connectivity index (χ0n) is 22.8. The van der Waals surface area contributed by atoms with Crippen molar-refractivity contribution >= 4 is 80.5 Å². The van der Waals surface area contributed by atoms with Gasteiger partial charge in [-0.2, -0.15) is 0 Å². The van der Waals surface area contributed by atoms with Gasteiger partial charge in [-0.3, -0.25) is 19.5 Å². The molecule has 1 aliphatic heterocycles. The normalized spacial score (nSPS) is 14.0. The lowest BCUT2D eigenvalue weighted by Gasteiger charge is -2.36. The van der Waals surface area contributed by atoms with Crippen molar-refractivity contribution in [3.05, 3.63) is 80.8 Å². The maximum atomic E-state index is 13.1. The van der Waals surface area contributed by atoms with Crippen LogP contribution in [0.1, 0.15) is 36.0 Å². The van der Waals surface area contributed by atoms with Gasteiger partial charge in [0.2, 0.25) is 0 Å². The van der Waals surface area contributed by atoms with Crippen LogP contribution in [0, 0.1) is 0 Å². The molecule has 3 aromatic heterocycles. The average molecular weight is 648 g/mol. The molecule has 42 heavy (non-hydrogen) atoms. The highest BCUT2D eigenvalue weighted by atomic mass is 35.5. The van der Waals surface area contributed by atoms with Crippen LogP contribution in [-0.2, 0) is 11.3 Å². The first-order valence-corrected chi connectivity index (χ1v) is 15.3. The van der Waals surface area contributed by atoms with Crippen LogP contribution in [0.5, 0.6) is 0 Å². The molecule has 1 N–H and O–H groups in total. The molecule has 1 aromatic carbocycles. The molecule has 1 saturated heterocycles. The zero-order valence-corrected chi connectivity index (χ0v) is 25.9. The van der Waals surface area contributed by atoms with Gasteiger partial charge in [-0.1, -0.05) is 59.2 Å². The van der Waals surface area contributed by atoms with Crippen LogP contribution in [-0.4, -0.2) is 63.8 Å². The summed E-state index contributed by atoms with van der Waals surface area (Å²) in [4.78, 5) is 39.1. The summed E-state index contributed by atoms with van der Waals surface area (Å²) in [7, 11) is 0. The van der Waals surface area contributed by atoms with Crippen LogP contribution in [0.3, 0.4) is 0 Å². The number of nitrogens with zero attached hydrogens (tertiary/aromatic N) is 5. The molecule has 0 bridgehead atoms. The fourth-order valence-corrected chi connectivity index (χ4v) is 5.93. The Morgan fingerprint density at radius 1 is 0.833 bits per heavy atom. The molecule has 0 saturated carbocycles. The van der Waals surface area contributed by atoms with E-state index in [9.17, 15) is 9.59 Å². The number of rotatable bonds is 11. The number of carbonyl (C=O) groups excluding carboxylic acids is 2. The van der Waals surface area contributed by atoms with E-state index in [0.717, 1.165) is 64.1 Å². The van der Waals surface area contributed by atoms with E-state index in [1.165, 1.54) is 12.4 Å². The SMILES string of the molecule is O=C(Nc1c(Cl)cncc1Cl)C(=O)c1cn(CCCCCCN2CCN(c3ccc(Cl)c(Cl)c3)CC2)c2ncccc12. The molecule has 4 heterocycles. The summed E-state index contributed by atoms with van der Waals surface area (Å²) in [6, 6.07) is 9.36. The number of hydrogen-bond donors (Lipinski definition) is 1. The highest BCUT2D eigenvalue weighted by Gasteiger charge is 2.24. The second-order valence-corrected chi connectivity index (χ2v) is 11.8. The predicted octanol–water partition coefficient (Wildman–Crippen LogP) is 7.25. The molecule has 12 heteroatoms. The number of carbonyl (C=O) groups is 2. The van der Waals surface area contributed by atoms with Crippen molar-refractivity contribution in [3.63, 3.8) is 0 Å². The van der Waals surface area contributed by atoms with Crippen molar-refractivity contribution < 1.29 is 9.59 Å². The third kappa shape index (κ3) is 7.18. The molecule has 1 amide bonds. The zero-order chi connectivity index (χ0) is 29.6. The number of benzene rings is 1. The van der Waals surface area contributed by atoms with Gasteiger partial charge in [-0.05, 0) is 49.7 Å². The van der Waals surface area contributed by atoms with Gasteiger partial charge in [-0.15, -0.1) is 0 Å². The average Bonchev–Trinajstić information content (AvgIpc) is 3.36. The van der Waals surface area contributed by atoms with Crippen molar-refractivity contribution in [2.24, 2.45) is 0 Å². The van der Waals surface area contributed by atoms with Crippen molar-refractivity contribution in [2.45, 2.75) is 32.2 Å². The smallest absolute Gasteiger partial charge is 0.296 e. The molecule has 0 atom stereocenters. The lowest BCUT2D eigenvalue weighted by atomic mass is 10.1. The van der Waals surface area contributed by atoms with Gasteiger partial charge >= 0.3 is 0 Å². The van der Waals surface area contributed by atoms with E-state index in [1.807, 2.05) is 22.8 Å². The second-order valence-electron chi connectivity index (χ2n) is 10.2. The maximum Gasteiger partial charge on any atom is 0.296 e. The second kappa shape index (κ2) is 14.1. The summed E-state index contributed by atoms with van der Waals surface area (Å²) in [5.74, 6) is -1.51. The minimum atomic E-state index is -0.828. The maximum absolute atomic E-state index is 13.1. The Morgan fingerprint density at radius 2 is 1.55 bits per heavy atom. The predicted molar refractivity (Wildman–Crippen MR) is 171 cm³/mol. The van der Waals surface area contributed by atoms with Gasteiger partial charge in [0.1, 0.15) is 5.65 Å². The Labute approximate surface area is 264 Å². The molecule has 1 aliphatic rings. The number of Topliss-reactive ketones (excluding diaryl/α,β-unsaturated/α-hetero) is 1. The Bertz CT molecular complexity index is 1570. The van der Waals surface area contributed by atoms with Gasteiger partial charge in [0.05, 0.1) is 31.3 Å². The van der Waals surface area contributed by atoms with Crippen LogP contribution in [0.25, 0.3) is 11.0 Å². The van der Waals surface area contributed by atoms with Crippen LogP contribution >= 0.6 is 46.4 Å². The Morgan fingerprint density at radius 3 is 2.26 bits per heavy atom. The van der Waals surface area contributed by atoms with Crippen molar-refractivity contribution in [1.29, 1.82) is 0 Å². The first-order chi connectivity index (χ1) is 20.3. The first-order valence-electron chi connectivity index (χ1n) is 13.8. The van der Waals surface area contributed by atoms with Gasteiger partial charge in [0.25, 0.3) is 11.7 Å². The van der Waals surface area contributed by atoms with Crippen molar-refractivity contribution in [2.75, 3.05) is 42.9 Å². The minimum Gasteiger partial charge on any atom is -0.369 e. The number of piperazine rings is 1. The lowest BCUT2D eigenvalue weighted by molar-refractivity contribution is -0.112. The van der Waals surface area contributed by atoms with E-state index in [2.05, 4.69) is 25.1 Å². The fourth-order valence-electron chi connectivity index (χ4n) is 5.18. The van der Waals surface area contributed by atoms with Crippen LogP contribution in [0.2, 0.25) is 20.1 Å². The Hall–Kier alpha value is -2.88. The molecule has 8 nitrogen and oxygen atoms in total. The standard InChI is InChI=1S/C30H30Cl4N6O2/c31-23-8-7-20(16-24(23)32)39-14-12-38(13-15-39)10-3-1-2-4-11-40-19-22(21-6-5-9-36-29(21)40)28(41)30(42)37-27-25(33)17-35-18-26(27)34/h5-9,16-19H,1-4,10-15H2,(H,35,37,42). The molecule has 0 aliphatic carbocycles. The van der Waals surface area contributed by atoms with E-state index in [0.29, 0.717) is 27.6 Å². The molecule has 0 radical (unpaired) electrons. The van der Waals surface area contributed by atoms with Crippen molar-refractivity contribution in [1.82, 2.24) is 19.4 Å². The lowest BCUT2D eigenvalue weighted by Crippen LogP contribution is -2.46. The highest BCUT2D eigenvalue weighted by molar-refractivity contribution is 6.50. The number of pyridine rings is 2. The topological polar surface area (TPSA) is 83.4 Å². The molecular weight excluding hydrogens is 618 g/mol. The summed E-state index contributed by atoms with van der Waals surface area (Å²) < 4.78 is 1.95. The number of ketones is 1. The number of aryl methyl sites for hydroxylation is 1. The number of amides is 1. The molecule has 4 aromatic rings. The summed E-state index contributed by atoms with van der Waals surface area (Å²) in [5, 5.41) is 4.62. The van der Waals surface area contributed by atoms with E-state index >= 15 is 0 Å². The number of aromatic nitrogens is 3. The van der Waals surface area contributed by atoms with Crippen LogP contribution in [0.4, 0.5) is 11.4 Å². The third-order valence-electron chi connectivity index (χ3n) is 7.44. The van der Waals surface area contributed by atoms with E-state index in [4.69, 9.17) is 46.4 Å². The largest absolute Gasteiger partial charge is 0.369 e. The number of nitrogens with one attached hydrogen (secondary N) is 1. The number of hydrogen-bond acceptors (Lipinski definition) is 6. The molecular formula is C30H30Cl4N6O2. The summed E-state index contributed by atoms with van der Waals surface area (Å²) in [5.41, 5.74) is 2.23. The number of fused-ring (bicyclic) bond motifs is 1. The third-order valence-corrected chi connectivity index (χ3v) is 8.75. The molecule has 0 spiro atoms. The van der Waals surface area contributed by atoms with E-state index in [1.54, 1.807) is 24.5 Å². The minimum absolute atomic E-state index is 0.151. The summed E-state index contributed by atoms with van der Waals surface area (Å²) in [6.45, 7) is 5.74. The Kier molecular flexibility index (Phi) is 10.2. The first kappa shape index (κ1) is 30.6. The Balaban J connectivity index is 1.09. The van der Waals surface area contributed by atoms with E-state index < -0.39 is 11.7 Å². The molecule has 1 fully saturated rings. The number of unbranched alkanes of at least 4 members (excludes halogenated alkanes) is 3. The quantitative estimate of drug-likeness (QED) is 0.105. The number of halogens is 4. The van der Waals surface area contributed by atoms with Crippen LogP contribution in [0.15, 0.2) is 55.1 Å². The van der Waals surface area contributed by atoms with Gasteiger partial charge < -0.3 is 14.8 Å². The number of anilines is 2.